The number of ether oxygens (including phenoxy) is 2. The lowest BCUT2D eigenvalue weighted by atomic mass is 9.97. The van der Waals surface area contributed by atoms with Gasteiger partial charge in [0.1, 0.15) is 6.61 Å². The number of aromatic nitrogens is 1. The molecular formula is C14H17N3O4. The number of nitrogens with one attached hydrogen (secondary N) is 2. The quantitative estimate of drug-likeness (QED) is 0.621. The first-order valence-electron chi connectivity index (χ1n) is 6.47. The van der Waals surface area contributed by atoms with Gasteiger partial charge in [0.05, 0.1) is 18.2 Å². The monoisotopic (exact) mass is 291 g/mol. The summed E-state index contributed by atoms with van der Waals surface area (Å²) in [5, 5.41) is 5.28. The maximum Gasteiger partial charge on any atom is 0.338 e. The van der Waals surface area contributed by atoms with Crippen molar-refractivity contribution in [1.82, 2.24) is 15.6 Å². The third kappa shape index (κ3) is 3.57. The summed E-state index contributed by atoms with van der Waals surface area (Å²) in [6.07, 6.45) is 3.23. The van der Waals surface area contributed by atoms with Crippen LogP contribution < -0.4 is 10.6 Å². The molecule has 0 spiro atoms. The molecule has 1 aliphatic heterocycles. The number of carbonyl (C=O) groups excluding carboxylic acids is 2. The number of nitrogens with zero attached hydrogens (tertiary/aromatic N) is 1. The van der Waals surface area contributed by atoms with Crippen molar-refractivity contribution >= 4 is 12.0 Å². The first-order chi connectivity index (χ1) is 10.1. The number of rotatable bonds is 5. The highest BCUT2D eigenvalue weighted by molar-refractivity contribution is 5.94. The summed E-state index contributed by atoms with van der Waals surface area (Å²) in [6, 6.07) is 2.59. The Morgan fingerprint density at radius 2 is 2.24 bits per heavy atom. The zero-order valence-electron chi connectivity index (χ0n) is 11.9. The van der Waals surface area contributed by atoms with Crippen LogP contribution in [0.1, 0.15) is 18.5 Å². The zero-order valence-corrected chi connectivity index (χ0v) is 11.9. The van der Waals surface area contributed by atoms with Crippen LogP contribution in [-0.2, 0) is 14.3 Å². The maximum absolute atomic E-state index is 12.2. The Morgan fingerprint density at radius 1 is 1.43 bits per heavy atom. The Bertz CT molecular complexity index is 557. The normalized spacial score (nSPS) is 18.0. The fourth-order valence-corrected chi connectivity index (χ4v) is 2.06. The molecule has 0 radical (unpaired) electrons. The molecule has 2 N–H and O–H groups in total. The van der Waals surface area contributed by atoms with Gasteiger partial charge in [0, 0.05) is 25.2 Å². The molecule has 2 rings (SSSR count). The van der Waals surface area contributed by atoms with E-state index in [0.717, 1.165) is 0 Å². The van der Waals surface area contributed by atoms with Crippen LogP contribution in [0.2, 0.25) is 0 Å². The molecule has 2 heterocycles. The average Bonchev–Trinajstić information content (AvgIpc) is 2.47. The number of esters is 1. The van der Waals surface area contributed by atoms with Gasteiger partial charge in [-0.15, -0.1) is 0 Å². The Balaban J connectivity index is 2.26. The Hall–Kier alpha value is -2.41. The fourth-order valence-electron chi connectivity index (χ4n) is 2.06. The number of urea groups is 1. The molecule has 0 fully saturated rings. The van der Waals surface area contributed by atoms with Crippen LogP contribution in [0.5, 0.6) is 0 Å². The van der Waals surface area contributed by atoms with E-state index in [0.29, 0.717) is 23.4 Å². The molecule has 1 aromatic rings. The lowest BCUT2D eigenvalue weighted by Gasteiger charge is -2.27. The van der Waals surface area contributed by atoms with E-state index in [1.165, 1.54) is 7.11 Å². The third-order valence-electron chi connectivity index (χ3n) is 3.03. The first-order valence-corrected chi connectivity index (χ1v) is 6.47. The van der Waals surface area contributed by atoms with Crippen LogP contribution in [0.15, 0.2) is 35.8 Å². The van der Waals surface area contributed by atoms with Crippen LogP contribution in [0.4, 0.5) is 4.79 Å². The van der Waals surface area contributed by atoms with Gasteiger partial charge in [-0.2, -0.15) is 0 Å². The molecule has 0 aromatic carbocycles. The lowest BCUT2D eigenvalue weighted by molar-refractivity contribution is -0.140. The summed E-state index contributed by atoms with van der Waals surface area (Å²) in [5.41, 5.74) is 1.54. The molecule has 112 valence electrons. The SMILES string of the molecule is COCCOC(=O)C1=C(C)NC(=O)N[C@@H]1c1cccnc1. The van der Waals surface area contributed by atoms with Gasteiger partial charge in [0.25, 0.3) is 0 Å². The second kappa shape index (κ2) is 6.85. The predicted octanol–water partition coefficient (Wildman–Crippen LogP) is 0.899. The smallest absolute Gasteiger partial charge is 0.338 e. The first kappa shape index (κ1) is 15.0. The number of methoxy groups -OCH3 is 1. The van der Waals surface area contributed by atoms with Gasteiger partial charge in [-0.1, -0.05) is 6.07 Å². The molecule has 0 unspecified atom stereocenters. The molecule has 2 amide bonds. The molecule has 1 aliphatic rings. The van der Waals surface area contributed by atoms with Gasteiger partial charge in [0.15, 0.2) is 0 Å². The third-order valence-corrected chi connectivity index (χ3v) is 3.03. The van der Waals surface area contributed by atoms with E-state index in [4.69, 9.17) is 9.47 Å². The lowest BCUT2D eigenvalue weighted by Crippen LogP contribution is -2.45. The minimum atomic E-state index is -0.581. The molecule has 0 saturated heterocycles. The van der Waals surface area contributed by atoms with Gasteiger partial charge in [-0.25, -0.2) is 9.59 Å². The van der Waals surface area contributed by atoms with Crippen molar-refractivity contribution in [3.8, 4) is 0 Å². The number of allylic oxidation sites excluding steroid dienone is 1. The molecule has 7 heteroatoms. The van der Waals surface area contributed by atoms with Crippen molar-refractivity contribution in [3.63, 3.8) is 0 Å². The minimum Gasteiger partial charge on any atom is -0.460 e. The molecule has 0 aliphatic carbocycles. The summed E-state index contributed by atoms with van der Waals surface area (Å²) < 4.78 is 9.99. The molecule has 1 aromatic heterocycles. The Morgan fingerprint density at radius 3 is 2.90 bits per heavy atom. The second-order valence-corrected chi connectivity index (χ2v) is 4.49. The van der Waals surface area contributed by atoms with Crippen molar-refractivity contribution in [3.05, 3.63) is 41.4 Å². The Labute approximate surface area is 122 Å². The largest absolute Gasteiger partial charge is 0.460 e. The number of hydrogen-bond acceptors (Lipinski definition) is 5. The van der Waals surface area contributed by atoms with Gasteiger partial charge >= 0.3 is 12.0 Å². The van der Waals surface area contributed by atoms with E-state index in [9.17, 15) is 9.59 Å². The number of carbonyl (C=O) groups is 2. The molecule has 0 bridgehead atoms. The van der Waals surface area contributed by atoms with Gasteiger partial charge in [-0.05, 0) is 18.6 Å². The zero-order chi connectivity index (χ0) is 15.2. The number of amides is 2. The van der Waals surface area contributed by atoms with Gasteiger partial charge < -0.3 is 20.1 Å². The highest BCUT2D eigenvalue weighted by Gasteiger charge is 2.32. The van der Waals surface area contributed by atoms with Crippen LogP contribution in [0.25, 0.3) is 0 Å². The molecule has 1 atom stereocenters. The highest BCUT2D eigenvalue weighted by Crippen LogP contribution is 2.26. The maximum atomic E-state index is 12.2. The van der Waals surface area contributed by atoms with Crippen molar-refractivity contribution in [2.45, 2.75) is 13.0 Å². The summed E-state index contributed by atoms with van der Waals surface area (Å²) >= 11 is 0. The van der Waals surface area contributed by atoms with E-state index in [1.807, 2.05) is 0 Å². The molecular weight excluding hydrogens is 274 g/mol. The van der Waals surface area contributed by atoms with Crippen LogP contribution >= 0.6 is 0 Å². The fraction of sp³-hybridized carbons (Fsp3) is 0.357. The number of hydrogen-bond donors (Lipinski definition) is 2. The molecule has 7 nitrogen and oxygen atoms in total. The minimum absolute atomic E-state index is 0.153. The Kier molecular flexibility index (Phi) is 4.89. The van der Waals surface area contributed by atoms with E-state index in [2.05, 4.69) is 15.6 Å². The van der Waals surface area contributed by atoms with E-state index < -0.39 is 12.0 Å². The van der Waals surface area contributed by atoms with E-state index in [1.54, 1.807) is 31.5 Å². The highest BCUT2D eigenvalue weighted by atomic mass is 16.6. The van der Waals surface area contributed by atoms with Crippen molar-refractivity contribution < 1.29 is 19.1 Å². The van der Waals surface area contributed by atoms with E-state index in [-0.39, 0.29) is 12.6 Å². The standard InChI is InChI=1S/C14H17N3O4/c1-9-11(13(18)21-7-6-20-2)12(17-14(19)16-9)10-4-3-5-15-8-10/h3-5,8,12H,6-7H2,1-2H3,(H2,16,17,19)/t12-/m1/s1. The summed E-state index contributed by atoms with van der Waals surface area (Å²) in [7, 11) is 1.53. The van der Waals surface area contributed by atoms with Crippen molar-refractivity contribution in [2.24, 2.45) is 0 Å². The van der Waals surface area contributed by atoms with E-state index >= 15 is 0 Å². The summed E-state index contributed by atoms with van der Waals surface area (Å²) in [4.78, 5) is 27.9. The van der Waals surface area contributed by atoms with Crippen LogP contribution in [-0.4, -0.2) is 37.3 Å². The second-order valence-electron chi connectivity index (χ2n) is 4.49. The van der Waals surface area contributed by atoms with Gasteiger partial charge in [-0.3, -0.25) is 4.98 Å². The topological polar surface area (TPSA) is 89.5 Å². The van der Waals surface area contributed by atoms with Crippen LogP contribution in [0.3, 0.4) is 0 Å². The van der Waals surface area contributed by atoms with Crippen LogP contribution in [0, 0.1) is 0 Å². The molecule has 0 saturated carbocycles. The average molecular weight is 291 g/mol. The summed E-state index contributed by atoms with van der Waals surface area (Å²) in [5.74, 6) is -0.495. The molecule has 21 heavy (non-hydrogen) atoms. The predicted molar refractivity (Wildman–Crippen MR) is 74.2 cm³/mol. The van der Waals surface area contributed by atoms with Crippen molar-refractivity contribution in [2.75, 3.05) is 20.3 Å². The van der Waals surface area contributed by atoms with Gasteiger partial charge in [0.2, 0.25) is 0 Å². The van der Waals surface area contributed by atoms with Crippen molar-refractivity contribution in [1.29, 1.82) is 0 Å². The number of pyridine rings is 1. The summed E-state index contributed by atoms with van der Waals surface area (Å²) in [6.45, 7) is 2.13.